The number of unbranched alkanes of at least 4 members (excludes halogenated alkanes) is 1. The van der Waals surface area contributed by atoms with E-state index in [0.717, 1.165) is 102 Å². The first-order valence-electron chi connectivity index (χ1n) is 17.7. The van der Waals surface area contributed by atoms with Crippen molar-refractivity contribution in [2.45, 2.75) is 122 Å². The van der Waals surface area contributed by atoms with Crippen LogP contribution in [0.1, 0.15) is 106 Å². The van der Waals surface area contributed by atoms with Gasteiger partial charge in [-0.15, -0.1) is 0 Å². The summed E-state index contributed by atoms with van der Waals surface area (Å²) in [5.74, 6) is 0.744. The normalized spacial score (nSPS) is 29.2. The molecule has 46 heavy (non-hydrogen) atoms. The van der Waals surface area contributed by atoms with Gasteiger partial charge in [0, 0.05) is 75.7 Å². The monoisotopic (exact) mass is 638 g/mol. The number of fused-ring (bicyclic) bond motifs is 2. The highest BCUT2D eigenvalue weighted by Gasteiger charge is 2.52. The highest BCUT2D eigenvalue weighted by Crippen LogP contribution is 2.45. The number of aryl methyl sites for hydroxylation is 2. The summed E-state index contributed by atoms with van der Waals surface area (Å²) >= 11 is 0. The van der Waals surface area contributed by atoms with Crippen LogP contribution in [0, 0.1) is 25.7 Å². The minimum absolute atomic E-state index is 0.0116. The Morgan fingerprint density at radius 3 is 2.22 bits per heavy atom. The summed E-state index contributed by atoms with van der Waals surface area (Å²) in [4.78, 5) is 56.4. The fraction of sp³-hybridized carbons (Fsp3) is 0.800. The van der Waals surface area contributed by atoms with Crippen molar-refractivity contribution >= 4 is 18.1 Å². The Balaban J connectivity index is 1.06. The number of carbonyl (C=O) groups is 3. The van der Waals surface area contributed by atoms with Gasteiger partial charge in [0.05, 0.1) is 24.1 Å². The number of ether oxygens (including phenoxy) is 2. The fourth-order valence-corrected chi connectivity index (χ4v) is 9.44. The number of methoxy groups -OCH3 is 1. The molecule has 0 saturated carbocycles. The third kappa shape index (κ3) is 6.20. The van der Waals surface area contributed by atoms with Crippen LogP contribution in [-0.2, 0) is 9.47 Å². The van der Waals surface area contributed by atoms with Gasteiger partial charge in [0.1, 0.15) is 11.9 Å². The fourth-order valence-electron chi connectivity index (χ4n) is 9.44. The van der Waals surface area contributed by atoms with Gasteiger partial charge >= 0.3 is 12.2 Å². The second-order valence-electron chi connectivity index (χ2n) is 15.0. The van der Waals surface area contributed by atoms with E-state index in [2.05, 4.69) is 28.7 Å². The van der Waals surface area contributed by atoms with Gasteiger partial charge < -0.3 is 24.2 Å². The maximum Gasteiger partial charge on any atom is 0.410 e. The van der Waals surface area contributed by atoms with E-state index in [1.54, 1.807) is 0 Å². The van der Waals surface area contributed by atoms with Gasteiger partial charge in [0.25, 0.3) is 5.91 Å². The molecule has 0 N–H and O–H groups in total. The smallest absolute Gasteiger partial charge is 0.410 e. The lowest BCUT2D eigenvalue weighted by atomic mass is 9.74. The molecule has 0 aliphatic carbocycles. The molecule has 0 radical (unpaired) electrons. The van der Waals surface area contributed by atoms with Crippen molar-refractivity contribution in [3.8, 4) is 0 Å². The van der Waals surface area contributed by atoms with Crippen molar-refractivity contribution in [3.63, 3.8) is 0 Å². The number of nitrogens with zero attached hydrogens (tertiary/aromatic N) is 6. The molecule has 0 aromatic carbocycles. The molecule has 2 bridgehead atoms. The molecule has 3 atom stereocenters. The molecule has 1 aromatic rings. The first-order chi connectivity index (χ1) is 22.1. The molecule has 254 valence electrons. The van der Waals surface area contributed by atoms with Gasteiger partial charge in [-0.05, 0) is 71.6 Å². The lowest BCUT2D eigenvalue weighted by Crippen LogP contribution is -2.64. The molecule has 5 aliphatic rings. The zero-order valence-electron chi connectivity index (χ0n) is 28.6. The number of aromatic nitrogens is 2. The van der Waals surface area contributed by atoms with Crippen LogP contribution < -0.4 is 0 Å². The summed E-state index contributed by atoms with van der Waals surface area (Å²) in [5.41, 5.74) is 1.72. The first kappa shape index (κ1) is 33.0. The van der Waals surface area contributed by atoms with Crippen LogP contribution in [0.25, 0.3) is 0 Å². The summed E-state index contributed by atoms with van der Waals surface area (Å²) in [6.45, 7) is 13.1. The predicted molar refractivity (Wildman–Crippen MR) is 173 cm³/mol. The summed E-state index contributed by atoms with van der Waals surface area (Å²) < 4.78 is 11.6. The lowest BCUT2D eigenvalue weighted by Gasteiger charge is -2.55. The highest BCUT2D eigenvalue weighted by atomic mass is 16.6. The van der Waals surface area contributed by atoms with Crippen molar-refractivity contribution in [1.29, 1.82) is 0 Å². The van der Waals surface area contributed by atoms with Crippen molar-refractivity contribution < 1.29 is 23.9 Å². The minimum atomic E-state index is -0.401. The van der Waals surface area contributed by atoms with Gasteiger partial charge in [-0.3, -0.25) is 9.69 Å². The van der Waals surface area contributed by atoms with Crippen LogP contribution in [-0.4, -0.2) is 117 Å². The van der Waals surface area contributed by atoms with Crippen LogP contribution in [0.4, 0.5) is 9.59 Å². The molecule has 0 unspecified atom stereocenters. The molecule has 5 fully saturated rings. The van der Waals surface area contributed by atoms with E-state index < -0.39 is 5.60 Å². The van der Waals surface area contributed by atoms with Crippen LogP contribution in [0.2, 0.25) is 0 Å². The van der Waals surface area contributed by atoms with E-state index in [1.807, 2.05) is 28.5 Å². The second kappa shape index (κ2) is 13.3. The molecular weight excluding hydrogens is 584 g/mol. The molecule has 11 nitrogen and oxygen atoms in total. The maximum absolute atomic E-state index is 13.6. The molecule has 5 aliphatic heterocycles. The molecule has 6 rings (SSSR count). The summed E-state index contributed by atoms with van der Waals surface area (Å²) in [6.07, 6.45) is 11.9. The average molecular weight is 639 g/mol. The molecule has 11 heteroatoms. The van der Waals surface area contributed by atoms with Gasteiger partial charge in [-0.1, -0.05) is 19.8 Å². The number of amides is 3. The van der Waals surface area contributed by atoms with Crippen LogP contribution in [0.3, 0.4) is 0 Å². The largest absolute Gasteiger partial charge is 0.453 e. The van der Waals surface area contributed by atoms with E-state index in [1.165, 1.54) is 13.4 Å². The van der Waals surface area contributed by atoms with Crippen LogP contribution >= 0.6 is 0 Å². The Morgan fingerprint density at radius 1 is 1.00 bits per heavy atom. The molecule has 6 heterocycles. The molecule has 5 saturated heterocycles. The predicted octanol–water partition coefficient (Wildman–Crippen LogP) is 5.19. The van der Waals surface area contributed by atoms with Crippen LogP contribution in [0.15, 0.2) is 6.33 Å². The Bertz CT molecular complexity index is 1260. The molecular formula is C35H54N6O5. The molecule has 3 amide bonds. The lowest BCUT2D eigenvalue weighted by molar-refractivity contribution is -0.135. The number of hydrogen-bond acceptors (Lipinski definition) is 8. The van der Waals surface area contributed by atoms with E-state index in [-0.39, 0.29) is 35.7 Å². The summed E-state index contributed by atoms with van der Waals surface area (Å²) in [5, 5.41) is 0. The van der Waals surface area contributed by atoms with Crippen LogP contribution in [0.5, 0.6) is 0 Å². The molecule has 1 spiro atoms. The third-order valence-corrected chi connectivity index (χ3v) is 12.3. The van der Waals surface area contributed by atoms with Crippen molar-refractivity contribution in [3.05, 3.63) is 23.3 Å². The standard InChI is InChI=1S/C35H54N6O5/c1-6-7-8-27-22-39(21-26-19-28-9-10-29(20-26)41(28)33(44)45-5)32(43)46-35(27)13-17-40(18-14-35)34(4)11-15-38(16-12-34)31(42)30-24(2)36-23-37-25(30)3/h23,26-29H,6-22H2,1-5H3/t27-,28+,29+/m0/s1. The number of hydrogen-bond donors (Lipinski definition) is 0. The van der Waals surface area contributed by atoms with Gasteiger partial charge in [0.15, 0.2) is 0 Å². The number of carbonyl (C=O) groups excluding carboxylic acids is 3. The molecule has 1 aromatic heterocycles. The second-order valence-corrected chi connectivity index (χ2v) is 15.0. The van der Waals surface area contributed by atoms with E-state index in [9.17, 15) is 14.4 Å². The summed E-state index contributed by atoms with van der Waals surface area (Å²) in [6, 6.07) is 0.436. The van der Waals surface area contributed by atoms with Crippen molar-refractivity contribution in [2.24, 2.45) is 11.8 Å². The Hall–Kier alpha value is -2.95. The zero-order valence-corrected chi connectivity index (χ0v) is 28.6. The topological polar surface area (TPSA) is 108 Å². The number of likely N-dealkylation sites (tertiary alicyclic amines) is 2. The Labute approximate surface area is 274 Å². The van der Waals surface area contributed by atoms with E-state index in [4.69, 9.17) is 9.47 Å². The maximum atomic E-state index is 13.6. The number of rotatable bonds is 7. The Kier molecular flexibility index (Phi) is 9.52. The van der Waals surface area contributed by atoms with Gasteiger partial charge in [0.2, 0.25) is 0 Å². The van der Waals surface area contributed by atoms with E-state index in [0.29, 0.717) is 37.0 Å². The zero-order chi connectivity index (χ0) is 32.6. The first-order valence-corrected chi connectivity index (χ1v) is 17.7. The van der Waals surface area contributed by atoms with Crippen molar-refractivity contribution in [2.75, 3.05) is 46.4 Å². The summed E-state index contributed by atoms with van der Waals surface area (Å²) in [7, 11) is 1.46. The van der Waals surface area contributed by atoms with Gasteiger partial charge in [-0.2, -0.15) is 0 Å². The number of piperidine rings is 3. The minimum Gasteiger partial charge on any atom is -0.453 e. The van der Waals surface area contributed by atoms with E-state index >= 15 is 0 Å². The van der Waals surface area contributed by atoms with Crippen molar-refractivity contribution in [1.82, 2.24) is 29.6 Å². The quantitative estimate of drug-likeness (QED) is 0.402. The third-order valence-electron chi connectivity index (χ3n) is 12.3. The van der Waals surface area contributed by atoms with Gasteiger partial charge in [-0.25, -0.2) is 19.6 Å². The average Bonchev–Trinajstić information content (AvgIpc) is 3.31. The highest BCUT2D eigenvalue weighted by molar-refractivity contribution is 5.96. The SMILES string of the molecule is CCCC[C@H]1CN(CC2C[C@H]3CC[C@H](C2)N3C(=O)OC)C(=O)OC12CCN(C1(C)CCN(C(=O)c3c(C)ncnc3C)CC1)CC2. The Morgan fingerprint density at radius 2 is 1.63 bits per heavy atom.